The van der Waals surface area contributed by atoms with Gasteiger partial charge >= 0.3 is 0 Å². The van der Waals surface area contributed by atoms with E-state index < -0.39 is 0 Å². The van der Waals surface area contributed by atoms with Crippen molar-refractivity contribution in [2.24, 2.45) is 0 Å². The van der Waals surface area contributed by atoms with Crippen molar-refractivity contribution in [3.05, 3.63) is 63.5 Å². The van der Waals surface area contributed by atoms with E-state index in [1.807, 2.05) is 37.3 Å². The van der Waals surface area contributed by atoms with E-state index in [0.29, 0.717) is 5.56 Å². The normalized spacial score (nSPS) is 12.2. The molecule has 0 aliphatic heterocycles. The Hall–Kier alpha value is -1.10. The molecular formula is C14H13FIN. The molecule has 1 nitrogen and oxygen atoms in total. The van der Waals surface area contributed by atoms with E-state index in [9.17, 15) is 4.39 Å². The van der Waals surface area contributed by atoms with Crippen molar-refractivity contribution in [2.75, 3.05) is 5.32 Å². The monoisotopic (exact) mass is 341 g/mol. The van der Waals surface area contributed by atoms with Crippen LogP contribution in [-0.4, -0.2) is 0 Å². The van der Waals surface area contributed by atoms with Gasteiger partial charge in [0, 0.05) is 14.8 Å². The van der Waals surface area contributed by atoms with Gasteiger partial charge in [-0.2, -0.15) is 0 Å². The first kappa shape index (κ1) is 12.4. The van der Waals surface area contributed by atoms with E-state index in [4.69, 9.17) is 0 Å². The van der Waals surface area contributed by atoms with Gasteiger partial charge in [0.15, 0.2) is 0 Å². The van der Waals surface area contributed by atoms with E-state index in [1.54, 1.807) is 12.1 Å². The third-order valence-corrected chi connectivity index (χ3v) is 3.25. The van der Waals surface area contributed by atoms with Gasteiger partial charge in [-0.15, -0.1) is 0 Å². The number of hydrogen-bond donors (Lipinski definition) is 1. The SMILES string of the molecule is CC(Nc1cccc(I)c1)c1ccccc1F. The predicted molar refractivity (Wildman–Crippen MR) is 77.6 cm³/mol. The van der Waals surface area contributed by atoms with Crippen LogP contribution in [0, 0.1) is 9.39 Å². The van der Waals surface area contributed by atoms with Crippen molar-refractivity contribution in [3.63, 3.8) is 0 Å². The van der Waals surface area contributed by atoms with Crippen LogP contribution in [0.25, 0.3) is 0 Å². The fraction of sp³-hybridized carbons (Fsp3) is 0.143. The summed E-state index contributed by atoms with van der Waals surface area (Å²) in [5.74, 6) is -0.168. The summed E-state index contributed by atoms with van der Waals surface area (Å²) in [5.41, 5.74) is 1.69. The molecule has 1 N–H and O–H groups in total. The standard InChI is InChI=1S/C14H13FIN/c1-10(13-7-2-3-8-14(13)15)17-12-6-4-5-11(16)9-12/h2-10,17H,1H3. The van der Waals surface area contributed by atoms with Gasteiger partial charge in [0.2, 0.25) is 0 Å². The zero-order chi connectivity index (χ0) is 12.3. The summed E-state index contributed by atoms with van der Waals surface area (Å²) in [6, 6.07) is 14.8. The van der Waals surface area contributed by atoms with E-state index in [2.05, 4.69) is 27.9 Å². The van der Waals surface area contributed by atoms with Crippen LogP contribution in [-0.2, 0) is 0 Å². The number of anilines is 1. The zero-order valence-corrected chi connectivity index (χ0v) is 11.6. The molecule has 0 spiro atoms. The highest BCUT2D eigenvalue weighted by molar-refractivity contribution is 14.1. The molecule has 0 saturated carbocycles. The van der Waals surface area contributed by atoms with Gasteiger partial charge in [-0.1, -0.05) is 24.3 Å². The number of rotatable bonds is 3. The van der Waals surface area contributed by atoms with Gasteiger partial charge in [-0.3, -0.25) is 0 Å². The molecule has 0 aromatic heterocycles. The molecule has 3 heteroatoms. The van der Waals surface area contributed by atoms with E-state index in [1.165, 1.54) is 6.07 Å². The Kier molecular flexibility index (Phi) is 3.99. The first-order valence-electron chi connectivity index (χ1n) is 5.43. The van der Waals surface area contributed by atoms with Gasteiger partial charge < -0.3 is 5.32 Å². The Morgan fingerprint density at radius 3 is 2.59 bits per heavy atom. The summed E-state index contributed by atoms with van der Waals surface area (Å²) in [6.07, 6.45) is 0. The second-order valence-corrected chi connectivity index (χ2v) is 5.14. The van der Waals surface area contributed by atoms with Crippen molar-refractivity contribution in [1.29, 1.82) is 0 Å². The quantitative estimate of drug-likeness (QED) is 0.805. The Morgan fingerprint density at radius 2 is 1.88 bits per heavy atom. The van der Waals surface area contributed by atoms with Crippen molar-refractivity contribution < 1.29 is 4.39 Å². The lowest BCUT2D eigenvalue weighted by atomic mass is 10.1. The van der Waals surface area contributed by atoms with Crippen molar-refractivity contribution >= 4 is 28.3 Å². The molecule has 2 rings (SSSR count). The highest BCUT2D eigenvalue weighted by atomic mass is 127. The second kappa shape index (κ2) is 5.49. The van der Waals surface area contributed by atoms with Gasteiger partial charge in [0.05, 0.1) is 6.04 Å². The Morgan fingerprint density at radius 1 is 1.12 bits per heavy atom. The highest BCUT2D eigenvalue weighted by Gasteiger charge is 2.09. The van der Waals surface area contributed by atoms with Crippen molar-refractivity contribution in [3.8, 4) is 0 Å². The summed E-state index contributed by atoms with van der Waals surface area (Å²) in [6.45, 7) is 1.96. The van der Waals surface area contributed by atoms with Gasteiger partial charge in [0.25, 0.3) is 0 Å². The zero-order valence-electron chi connectivity index (χ0n) is 9.45. The molecule has 0 aliphatic carbocycles. The smallest absolute Gasteiger partial charge is 0.128 e. The fourth-order valence-electron chi connectivity index (χ4n) is 1.73. The molecule has 0 bridgehead atoms. The Bertz CT molecular complexity index is 513. The molecule has 1 atom stereocenters. The Balaban J connectivity index is 2.17. The molecule has 0 fully saturated rings. The third-order valence-electron chi connectivity index (χ3n) is 2.58. The van der Waals surface area contributed by atoms with Crippen LogP contribution in [0.15, 0.2) is 48.5 Å². The second-order valence-electron chi connectivity index (χ2n) is 3.90. The molecule has 1 unspecified atom stereocenters. The predicted octanol–water partition coefficient (Wildman–Crippen LogP) is 4.60. The number of hydrogen-bond acceptors (Lipinski definition) is 1. The number of benzene rings is 2. The van der Waals surface area contributed by atoms with E-state index in [-0.39, 0.29) is 11.9 Å². The molecular weight excluding hydrogens is 328 g/mol. The maximum atomic E-state index is 13.6. The fourth-order valence-corrected chi connectivity index (χ4v) is 2.28. The van der Waals surface area contributed by atoms with Gasteiger partial charge in [-0.05, 0) is 53.8 Å². The maximum absolute atomic E-state index is 13.6. The lowest BCUT2D eigenvalue weighted by Crippen LogP contribution is -2.08. The minimum atomic E-state index is -0.168. The largest absolute Gasteiger partial charge is 0.378 e. The van der Waals surface area contributed by atoms with E-state index >= 15 is 0 Å². The lowest BCUT2D eigenvalue weighted by Gasteiger charge is -2.16. The average molecular weight is 341 g/mol. The van der Waals surface area contributed by atoms with Gasteiger partial charge in [-0.25, -0.2) is 4.39 Å². The highest BCUT2D eigenvalue weighted by Crippen LogP contribution is 2.22. The summed E-state index contributed by atoms with van der Waals surface area (Å²) >= 11 is 2.26. The van der Waals surface area contributed by atoms with Gasteiger partial charge in [0.1, 0.15) is 5.82 Å². The first-order valence-corrected chi connectivity index (χ1v) is 6.51. The maximum Gasteiger partial charge on any atom is 0.128 e. The average Bonchev–Trinajstić information content (AvgIpc) is 2.29. The molecule has 0 amide bonds. The van der Waals surface area contributed by atoms with E-state index in [0.717, 1.165) is 9.26 Å². The summed E-state index contributed by atoms with van der Waals surface area (Å²) in [7, 11) is 0. The van der Waals surface area contributed by atoms with Crippen LogP contribution in [0.2, 0.25) is 0 Å². The van der Waals surface area contributed by atoms with Crippen LogP contribution in [0.5, 0.6) is 0 Å². The molecule has 2 aromatic rings. The Labute approximate surface area is 114 Å². The summed E-state index contributed by atoms with van der Waals surface area (Å²) < 4.78 is 14.7. The lowest BCUT2D eigenvalue weighted by molar-refractivity contribution is 0.600. The van der Waals surface area contributed by atoms with Crippen molar-refractivity contribution in [2.45, 2.75) is 13.0 Å². The molecule has 17 heavy (non-hydrogen) atoms. The summed E-state index contributed by atoms with van der Waals surface area (Å²) in [4.78, 5) is 0. The minimum absolute atomic E-state index is 0.0469. The molecule has 0 heterocycles. The minimum Gasteiger partial charge on any atom is -0.378 e. The number of nitrogens with one attached hydrogen (secondary N) is 1. The molecule has 88 valence electrons. The van der Waals surface area contributed by atoms with Crippen LogP contribution < -0.4 is 5.32 Å². The molecule has 0 saturated heterocycles. The topological polar surface area (TPSA) is 12.0 Å². The molecule has 0 radical (unpaired) electrons. The van der Waals surface area contributed by atoms with Crippen LogP contribution in [0.4, 0.5) is 10.1 Å². The van der Waals surface area contributed by atoms with Crippen molar-refractivity contribution in [1.82, 2.24) is 0 Å². The third kappa shape index (κ3) is 3.19. The van der Waals surface area contributed by atoms with Crippen LogP contribution >= 0.6 is 22.6 Å². The molecule has 2 aromatic carbocycles. The number of halogens is 2. The summed E-state index contributed by atoms with van der Waals surface area (Å²) in [5, 5.41) is 3.30. The first-order chi connectivity index (χ1) is 8.16. The van der Waals surface area contributed by atoms with Crippen LogP contribution in [0.3, 0.4) is 0 Å². The van der Waals surface area contributed by atoms with Crippen LogP contribution in [0.1, 0.15) is 18.5 Å². The molecule has 0 aliphatic rings.